The lowest BCUT2D eigenvalue weighted by atomic mass is 9.98. The Morgan fingerprint density at radius 2 is 1.63 bits per heavy atom. The number of hydrogen-bond acceptors (Lipinski definition) is 4. The van der Waals surface area contributed by atoms with E-state index >= 15 is 0 Å². The van der Waals surface area contributed by atoms with E-state index in [1.165, 1.54) is 11.0 Å². The van der Waals surface area contributed by atoms with Crippen molar-refractivity contribution >= 4 is 23.4 Å². The fraction of sp³-hybridized carbons (Fsp3) is 0.609. The summed E-state index contributed by atoms with van der Waals surface area (Å²) < 4.78 is 14.7. The van der Waals surface area contributed by atoms with E-state index in [0.717, 1.165) is 31.5 Å². The molecule has 3 amide bonds. The summed E-state index contributed by atoms with van der Waals surface area (Å²) in [6.45, 7) is 12.1. The third kappa shape index (κ3) is 4.82. The molecular weight excluding hydrogens is 385 g/mol. The minimum atomic E-state index is -0.671. The highest BCUT2D eigenvalue weighted by atomic mass is 19.1. The zero-order chi connectivity index (χ0) is 22.4. The molecule has 1 unspecified atom stereocenters. The SMILES string of the molecule is CC.CC.CC1CCN(c2cc3c(cc2F)C(=O)N(C2CCC(=O)NC2=O)C3)CC1. The lowest BCUT2D eigenvalue weighted by Crippen LogP contribution is -2.52. The molecule has 0 bridgehead atoms. The molecule has 0 saturated carbocycles. The van der Waals surface area contributed by atoms with Crippen LogP contribution in [0.5, 0.6) is 0 Å². The van der Waals surface area contributed by atoms with E-state index in [2.05, 4.69) is 12.2 Å². The van der Waals surface area contributed by atoms with Crippen LogP contribution >= 0.6 is 0 Å². The number of fused-ring (bicyclic) bond motifs is 1. The standard InChI is InChI=1S/C19H22FN3O3.2C2H6/c1-11-4-6-22(7-5-11)16-8-12-10-23(19(26)13(12)9-14(16)20)15-2-3-17(24)21-18(15)25;2*1-2/h8-9,11,15H,2-7,10H2,1H3,(H,21,24,25);2*1-2H3. The van der Waals surface area contributed by atoms with Crippen LogP contribution in [0, 0.1) is 11.7 Å². The monoisotopic (exact) mass is 419 g/mol. The lowest BCUT2D eigenvalue weighted by molar-refractivity contribution is -0.136. The summed E-state index contributed by atoms with van der Waals surface area (Å²) >= 11 is 0. The van der Waals surface area contributed by atoms with Gasteiger partial charge in [0.15, 0.2) is 0 Å². The van der Waals surface area contributed by atoms with E-state index in [9.17, 15) is 18.8 Å². The van der Waals surface area contributed by atoms with Crippen molar-refractivity contribution in [3.8, 4) is 0 Å². The molecule has 166 valence electrons. The Morgan fingerprint density at radius 3 is 2.23 bits per heavy atom. The van der Waals surface area contributed by atoms with Gasteiger partial charge < -0.3 is 9.80 Å². The Bertz CT molecular complexity index is 788. The average Bonchev–Trinajstić information content (AvgIpc) is 3.06. The number of carbonyl (C=O) groups excluding carboxylic acids is 3. The summed E-state index contributed by atoms with van der Waals surface area (Å²) in [5, 5.41) is 2.28. The summed E-state index contributed by atoms with van der Waals surface area (Å²) in [6, 6.07) is 2.39. The van der Waals surface area contributed by atoms with Crippen molar-refractivity contribution < 1.29 is 18.8 Å². The molecular formula is C23H34FN3O3. The summed E-state index contributed by atoms with van der Waals surface area (Å²) in [7, 11) is 0. The largest absolute Gasteiger partial charge is 0.369 e. The van der Waals surface area contributed by atoms with E-state index in [1.807, 2.05) is 32.6 Å². The highest BCUT2D eigenvalue weighted by Crippen LogP contribution is 2.33. The molecule has 1 atom stereocenters. The van der Waals surface area contributed by atoms with Crippen LogP contribution in [-0.2, 0) is 16.1 Å². The average molecular weight is 420 g/mol. The van der Waals surface area contributed by atoms with Gasteiger partial charge in [0.2, 0.25) is 11.8 Å². The van der Waals surface area contributed by atoms with E-state index in [4.69, 9.17) is 0 Å². The van der Waals surface area contributed by atoms with Crippen molar-refractivity contribution in [2.24, 2.45) is 5.92 Å². The fourth-order valence-electron chi connectivity index (χ4n) is 4.07. The molecule has 2 saturated heterocycles. The molecule has 3 aliphatic rings. The van der Waals surface area contributed by atoms with E-state index < -0.39 is 17.8 Å². The molecule has 3 heterocycles. The maximum absolute atomic E-state index is 14.7. The molecule has 1 aromatic carbocycles. The number of rotatable bonds is 2. The number of nitrogens with one attached hydrogen (secondary N) is 1. The highest BCUT2D eigenvalue weighted by molar-refractivity contribution is 6.05. The Morgan fingerprint density at radius 1 is 1.00 bits per heavy atom. The van der Waals surface area contributed by atoms with Gasteiger partial charge >= 0.3 is 0 Å². The predicted octanol–water partition coefficient (Wildman–Crippen LogP) is 3.88. The minimum absolute atomic E-state index is 0.210. The predicted molar refractivity (Wildman–Crippen MR) is 116 cm³/mol. The zero-order valence-corrected chi connectivity index (χ0v) is 18.8. The molecule has 1 aromatic rings. The van der Waals surface area contributed by atoms with Crippen LogP contribution in [0.1, 0.15) is 76.2 Å². The van der Waals surface area contributed by atoms with Gasteiger partial charge in [-0.25, -0.2) is 4.39 Å². The molecule has 1 N–H and O–H groups in total. The van der Waals surface area contributed by atoms with Crippen LogP contribution in [0.15, 0.2) is 12.1 Å². The number of benzene rings is 1. The van der Waals surface area contributed by atoms with Crippen LogP contribution in [0.2, 0.25) is 0 Å². The molecule has 0 spiro atoms. The molecule has 0 aromatic heterocycles. The van der Waals surface area contributed by atoms with Gasteiger partial charge in [0.1, 0.15) is 11.9 Å². The Balaban J connectivity index is 0.000000757. The van der Waals surface area contributed by atoms with Crippen molar-refractivity contribution in [2.45, 2.75) is 72.9 Å². The zero-order valence-electron chi connectivity index (χ0n) is 18.8. The second-order valence-corrected chi connectivity index (χ2v) is 7.53. The Hall–Kier alpha value is -2.44. The second kappa shape index (κ2) is 10.5. The van der Waals surface area contributed by atoms with Crippen LogP contribution < -0.4 is 10.2 Å². The van der Waals surface area contributed by atoms with Crippen molar-refractivity contribution in [1.29, 1.82) is 0 Å². The Labute approximate surface area is 178 Å². The third-order valence-corrected chi connectivity index (χ3v) is 5.72. The molecule has 0 aliphatic carbocycles. The van der Waals surface area contributed by atoms with Gasteiger partial charge in [-0.1, -0.05) is 34.6 Å². The van der Waals surface area contributed by atoms with Gasteiger partial charge in [-0.15, -0.1) is 0 Å². The summed E-state index contributed by atoms with van der Waals surface area (Å²) in [6.07, 6.45) is 2.57. The number of nitrogens with zero attached hydrogens (tertiary/aromatic N) is 2. The number of carbonyl (C=O) groups is 3. The number of amides is 3. The third-order valence-electron chi connectivity index (χ3n) is 5.72. The minimum Gasteiger partial charge on any atom is -0.369 e. The number of anilines is 1. The van der Waals surface area contributed by atoms with E-state index in [-0.39, 0.29) is 24.8 Å². The molecule has 6 nitrogen and oxygen atoms in total. The van der Waals surface area contributed by atoms with Crippen molar-refractivity contribution in [3.63, 3.8) is 0 Å². The lowest BCUT2D eigenvalue weighted by Gasteiger charge is -2.32. The van der Waals surface area contributed by atoms with Crippen molar-refractivity contribution in [2.75, 3.05) is 18.0 Å². The van der Waals surface area contributed by atoms with Crippen LogP contribution in [0.4, 0.5) is 10.1 Å². The van der Waals surface area contributed by atoms with E-state index in [1.54, 1.807) is 6.07 Å². The van der Waals surface area contributed by atoms with Gasteiger partial charge in [0.25, 0.3) is 5.91 Å². The number of halogens is 1. The van der Waals surface area contributed by atoms with Gasteiger partial charge in [-0.3, -0.25) is 19.7 Å². The van der Waals surface area contributed by atoms with Crippen LogP contribution in [-0.4, -0.2) is 41.8 Å². The number of piperidine rings is 2. The normalized spacial score (nSPS) is 21.3. The first kappa shape index (κ1) is 23.8. The molecule has 2 fully saturated rings. The Kier molecular flexibility index (Phi) is 8.38. The summed E-state index contributed by atoms with van der Waals surface area (Å²) in [5.41, 5.74) is 1.60. The maximum atomic E-state index is 14.7. The van der Waals surface area contributed by atoms with E-state index in [0.29, 0.717) is 23.6 Å². The van der Waals surface area contributed by atoms with Crippen molar-refractivity contribution in [1.82, 2.24) is 10.2 Å². The van der Waals surface area contributed by atoms with Gasteiger partial charge in [0.05, 0.1) is 5.69 Å². The van der Waals surface area contributed by atoms with Crippen LogP contribution in [0.3, 0.4) is 0 Å². The topological polar surface area (TPSA) is 69.7 Å². The van der Waals surface area contributed by atoms with Gasteiger partial charge in [0, 0.05) is 31.6 Å². The quantitative estimate of drug-likeness (QED) is 0.739. The first-order chi connectivity index (χ1) is 14.4. The second-order valence-electron chi connectivity index (χ2n) is 7.53. The number of hydrogen-bond donors (Lipinski definition) is 1. The fourth-order valence-corrected chi connectivity index (χ4v) is 4.07. The molecule has 7 heteroatoms. The highest BCUT2D eigenvalue weighted by Gasteiger charge is 2.39. The summed E-state index contributed by atoms with van der Waals surface area (Å²) in [5.74, 6) is -0.853. The van der Waals surface area contributed by atoms with Gasteiger partial charge in [-0.05, 0) is 42.9 Å². The first-order valence-electron chi connectivity index (χ1n) is 11.2. The molecule has 0 radical (unpaired) electrons. The molecule has 4 rings (SSSR count). The number of imide groups is 1. The maximum Gasteiger partial charge on any atom is 0.255 e. The summed E-state index contributed by atoms with van der Waals surface area (Å²) in [4.78, 5) is 39.6. The van der Waals surface area contributed by atoms with Gasteiger partial charge in [-0.2, -0.15) is 0 Å². The molecule has 3 aliphatic heterocycles. The molecule has 30 heavy (non-hydrogen) atoms. The van der Waals surface area contributed by atoms with Crippen LogP contribution in [0.25, 0.3) is 0 Å². The van der Waals surface area contributed by atoms with Crippen molar-refractivity contribution in [3.05, 3.63) is 29.1 Å². The first-order valence-corrected chi connectivity index (χ1v) is 11.2. The smallest absolute Gasteiger partial charge is 0.255 e.